The van der Waals surface area contributed by atoms with Gasteiger partial charge in [-0.05, 0) is 62.7 Å². The zero-order chi connectivity index (χ0) is 19.4. The second-order valence-corrected chi connectivity index (χ2v) is 6.68. The Labute approximate surface area is 159 Å². The molecule has 0 spiro atoms. The summed E-state index contributed by atoms with van der Waals surface area (Å²) in [5.74, 6) is -0.359. The Kier molecular flexibility index (Phi) is 5.36. The van der Waals surface area contributed by atoms with Gasteiger partial charge in [-0.1, -0.05) is 41.5 Å². The first-order chi connectivity index (χ1) is 12.9. The molecule has 0 saturated carbocycles. The Morgan fingerprint density at radius 1 is 0.667 bits per heavy atom. The molecule has 0 aliphatic heterocycles. The zero-order valence-electron chi connectivity index (χ0n) is 15.7. The van der Waals surface area contributed by atoms with E-state index in [-0.39, 0.29) is 11.8 Å². The van der Waals surface area contributed by atoms with Gasteiger partial charge in [-0.3, -0.25) is 9.59 Å². The molecule has 0 radical (unpaired) electrons. The summed E-state index contributed by atoms with van der Waals surface area (Å²) in [4.78, 5) is 25.0. The fourth-order valence-electron chi connectivity index (χ4n) is 2.80. The van der Waals surface area contributed by atoms with Crippen LogP contribution < -0.4 is 10.6 Å². The molecular weight excluding hydrogens is 336 g/mol. The molecule has 0 fully saturated rings. The monoisotopic (exact) mass is 358 g/mol. The van der Waals surface area contributed by atoms with E-state index in [1.807, 2.05) is 69.3 Å². The number of anilines is 2. The highest BCUT2D eigenvalue weighted by Crippen LogP contribution is 2.22. The molecule has 2 N–H and O–H groups in total. The molecule has 4 heteroatoms. The summed E-state index contributed by atoms with van der Waals surface area (Å²) in [6, 6.07) is 20.3. The van der Waals surface area contributed by atoms with E-state index >= 15 is 0 Å². The van der Waals surface area contributed by atoms with Crippen LogP contribution in [0.4, 0.5) is 11.4 Å². The van der Waals surface area contributed by atoms with Crippen molar-refractivity contribution in [1.29, 1.82) is 0 Å². The van der Waals surface area contributed by atoms with E-state index < -0.39 is 0 Å². The quantitative estimate of drug-likeness (QED) is 0.680. The highest BCUT2D eigenvalue weighted by Gasteiger charge is 2.11. The molecule has 0 aromatic heterocycles. The van der Waals surface area contributed by atoms with Crippen molar-refractivity contribution in [2.75, 3.05) is 10.6 Å². The van der Waals surface area contributed by atoms with Gasteiger partial charge in [-0.25, -0.2) is 0 Å². The minimum atomic E-state index is -0.182. The minimum Gasteiger partial charge on any atom is -0.322 e. The summed E-state index contributed by atoms with van der Waals surface area (Å²) in [5, 5.41) is 5.81. The van der Waals surface area contributed by atoms with Crippen LogP contribution >= 0.6 is 0 Å². The zero-order valence-corrected chi connectivity index (χ0v) is 15.7. The second kappa shape index (κ2) is 7.87. The van der Waals surface area contributed by atoms with E-state index in [4.69, 9.17) is 0 Å². The lowest BCUT2D eigenvalue weighted by atomic mass is 10.1. The Bertz CT molecular complexity index is 1010. The molecule has 3 aromatic rings. The number of nitrogens with one attached hydrogen (secondary N) is 2. The summed E-state index contributed by atoms with van der Waals surface area (Å²) in [6.45, 7) is 5.81. The van der Waals surface area contributed by atoms with Gasteiger partial charge in [0, 0.05) is 22.5 Å². The third-order valence-electron chi connectivity index (χ3n) is 4.30. The third-order valence-corrected chi connectivity index (χ3v) is 4.30. The lowest BCUT2D eigenvalue weighted by Gasteiger charge is -2.12. The maximum absolute atomic E-state index is 12.5. The average Bonchev–Trinajstić information content (AvgIpc) is 2.64. The first-order valence-corrected chi connectivity index (χ1v) is 8.79. The molecular formula is C23H22N2O2. The Balaban J connectivity index is 1.78. The van der Waals surface area contributed by atoms with Crippen LogP contribution in [0.3, 0.4) is 0 Å². The number of amides is 2. The van der Waals surface area contributed by atoms with Crippen LogP contribution in [-0.4, -0.2) is 11.8 Å². The molecule has 0 saturated heterocycles. The predicted octanol–water partition coefficient (Wildman–Crippen LogP) is 5.12. The molecule has 3 rings (SSSR count). The first-order valence-electron chi connectivity index (χ1n) is 8.79. The van der Waals surface area contributed by atoms with Crippen molar-refractivity contribution in [1.82, 2.24) is 0 Å². The molecule has 2 amide bonds. The topological polar surface area (TPSA) is 58.2 Å². The van der Waals surface area contributed by atoms with E-state index in [9.17, 15) is 9.59 Å². The fourth-order valence-corrected chi connectivity index (χ4v) is 2.80. The van der Waals surface area contributed by atoms with Crippen molar-refractivity contribution >= 4 is 23.2 Å². The Morgan fingerprint density at radius 2 is 1.22 bits per heavy atom. The van der Waals surface area contributed by atoms with E-state index in [2.05, 4.69) is 10.6 Å². The van der Waals surface area contributed by atoms with Crippen molar-refractivity contribution in [3.63, 3.8) is 0 Å². The van der Waals surface area contributed by atoms with Crippen LogP contribution in [0, 0.1) is 20.8 Å². The van der Waals surface area contributed by atoms with Crippen LogP contribution in [0.25, 0.3) is 0 Å². The number of rotatable bonds is 4. The molecule has 27 heavy (non-hydrogen) atoms. The molecule has 0 heterocycles. The van der Waals surface area contributed by atoms with Gasteiger partial charge in [0.25, 0.3) is 11.8 Å². The average molecular weight is 358 g/mol. The smallest absolute Gasteiger partial charge is 0.255 e. The largest absolute Gasteiger partial charge is 0.322 e. The highest BCUT2D eigenvalue weighted by atomic mass is 16.2. The molecule has 4 nitrogen and oxygen atoms in total. The van der Waals surface area contributed by atoms with Crippen molar-refractivity contribution in [3.05, 3.63) is 94.5 Å². The number of hydrogen-bond donors (Lipinski definition) is 2. The lowest BCUT2D eigenvalue weighted by molar-refractivity contribution is 0.101. The van der Waals surface area contributed by atoms with Gasteiger partial charge in [0.15, 0.2) is 0 Å². The first kappa shape index (κ1) is 18.4. The molecule has 136 valence electrons. The number of aryl methyl sites for hydroxylation is 3. The van der Waals surface area contributed by atoms with Gasteiger partial charge in [-0.15, -0.1) is 0 Å². The number of carbonyl (C=O) groups is 2. The molecule has 0 aliphatic rings. The SMILES string of the molecule is Cc1cccc(C(=O)Nc2ccc(C)c(NC(=O)c3cccc(C)c3)c2)c1. The predicted molar refractivity (Wildman–Crippen MR) is 109 cm³/mol. The number of carbonyl (C=O) groups excluding carboxylic acids is 2. The summed E-state index contributed by atoms with van der Waals surface area (Å²) in [6.07, 6.45) is 0. The van der Waals surface area contributed by atoms with Gasteiger partial charge >= 0.3 is 0 Å². The summed E-state index contributed by atoms with van der Waals surface area (Å²) in [5.41, 5.74) is 5.47. The Hall–Kier alpha value is -3.40. The van der Waals surface area contributed by atoms with E-state index in [1.54, 1.807) is 18.2 Å². The number of hydrogen-bond acceptors (Lipinski definition) is 2. The standard InChI is InChI=1S/C23H22N2O2/c1-15-6-4-8-18(12-15)22(26)24-20-11-10-17(3)21(14-20)25-23(27)19-9-5-7-16(2)13-19/h4-14H,1-3H3,(H,24,26)(H,25,27). The molecule has 0 bridgehead atoms. The van der Waals surface area contributed by atoms with Gasteiger partial charge in [-0.2, -0.15) is 0 Å². The van der Waals surface area contributed by atoms with Crippen molar-refractivity contribution < 1.29 is 9.59 Å². The van der Waals surface area contributed by atoms with E-state index in [0.29, 0.717) is 22.5 Å². The van der Waals surface area contributed by atoms with Crippen LogP contribution in [0.5, 0.6) is 0 Å². The molecule has 0 unspecified atom stereocenters. The van der Waals surface area contributed by atoms with Crippen molar-refractivity contribution in [2.45, 2.75) is 20.8 Å². The van der Waals surface area contributed by atoms with Crippen LogP contribution in [0.1, 0.15) is 37.4 Å². The second-order valence-electron chi connectivity index (χ2n) is 6.68. The molecule has 0 aliphatic carbocycles. The lowest BCUT2D eigenvalue weighted by Crippen LogP contribution is -2.15. The normalized spacial score (nSPS) is 10.3. The van der Waals surface area contributed by atoms with Crippen LogP contribution in [-0.2, 0) is 0 Å². The van der Waals surface area contributed by atoms with Gasteiger partial charge in [0.05, 0.1) is 0 Å². The maximum atomic E-state index is 12.5. The van der Waals surface area contributed by atoms with Crippen molar-refractivity contribution in [2.24, 2.45) is 0 Å². The molecule has 3 aromatic carbocycles. The summed E-state index contributed by atoms with van der Waals surface area (Å²) >= 11 is 0. The van der Waals surface area contributed by atoms with E-state index in [0.717, 1.165) is 16.7 Å². The van der Waals surface area contributed by atoms with Crippen LogP contribution in [0.2, 0.25) is 0 Å². The van der Waals surface area contributed by atoms with Gasteiger partial charge < -0.3 is 10.6 Å². The fraction of sp³-hybridized carbons (Fsp3) is 0.130. The summed E-state index contributed by atoms with van der Waals surface area (Å²) in [7, 11) is 0. The maximum Gasteiger partial charge on any atom is 0.255 e. The molecule has 0 atom stereocenters. The van der Waals surface area contributed by atoms with Crippen molar-refractivity contribution in [3.8, 4) is 0 Å². The third kappa shape index (κ3) is 4.61. The summed E-state index contributed by atoms with van der Waals surface area (Å²) < 4.78 is 0. The van der Waals surface area contributed by atoms with Crippen LogP contribution in [0.15, 0.2) is 66.7 Å². The number of benzene rings is 3. The van der Waals surface area contributed by atoms with Gasteiger partial charge in [0.2, 0.25) is 0 Å². The highest BCUT2D eigenvalue weighted by molar-refractivity contribution is 6.06. The van der Waals surface area contributed by atoms with E-state index in [1.165, 1.54) is 0 Å². The van der Waals surface area contributed by atoms with Gasteiger partial charge in [0.1, 0.15) is 0 Å². The minimum absolute atomic E-state index is 0.177. The Morgan fingerprint density at radius 3 is 1.78 bits per heavy atom.